The molecule has 2 aliphatic rings. The summed E-state index contributed by atoms with van der Waals surface area (Å²) >= 11 is 0. The summed E-state index contributed by atoms with van der Waals surface area (Å²) in [6.45, 7) is 2.85. The first-order chi connectivity index (χ1) is 8.28. The minimum Gasteiger partial charge on any atom is -0.356 e. The Kier molecular flexibility index (Phi) is 4.01. The summed E-state index contributed by atoms with van der Waals surface area (Å²) in [6, 6.07) is 2.12. The lowest BCUT2D eigenvalue weighted by Crippen LogP contribution is -2.34. The molecule has 2 rings (SSSR count). The Hall–Kier alpha value is -1.08. The van der Waals surface area contributed by atoms with Gasteiger partial charge in [0.05, 0.1) is 6.07 Å². The molecule has 1 saturated heterocycles. The van der Waals surface area contributed by atoms with E-state index in [9.17, 15) is 4.79 Å². The minimum atomic E-state index is 0.240. The van der Waals surface area contributed by atoms with Crippen molar-refractivity contribution < 1.29 is 4.79 Å². The number of piperidine rings is 1. The molecule has 94 valence electrons. The quantitative estimate of drug-likeness (QED) is 0.703. The van der Waals surface area contributed by atoms with E-state index < -0.39 is 0 Å². The van der Waals surface area contributed by atoms with Crippen LogP contribution in [0, 0.1) is 22.7 Å². The Labute approximate surface area is 103 Å². The zero-order valence-electron chi connectivity index (χ0n) is 10.3. The third kappa shape index (κ3) is 2.98. The molecule has 0 aromatic heterocycles. The maximum absolute atomic E-state index is 11.9. The molecule has 0 aromatic rings. The van der Waals surface area contributed by atoms with Crippen LogP contribution in [0.3, 0.4) is 0 Å². The number of nitrogens with zero attached hydrogens (tertiary/aromatic N) is 1. The Bertz CT molecular complexity index is 315. The van der Waals surface area contributed by atoms with Gasteiger partial charge in [0.25, 0.3) is 0 Å². The number of nitrogens with one attached hydrogen (secondary N) is 2. The molecule has 1 spiro atoms. The second-order valence-electron chi connectivity index (χ2n) is 5.28. The zero-order chi connectivity index (χ0) is 12.1. The highest BCUT2D eigenvalue weighted by Crippen LogP contribution is 2.58. The lowest BCUT2D eigenvalue weighted by Gasteiger charge is -2.23. The molecule has 17 heavy (non-hydrogen) atoms. The maximum Gasteiger partial charge on any atom is 0.223 e. The van der Waals surface area contributed by atoms with Crippen molar-refractivity contribution in [2.75, 3.05) is 19.6 Å². The van der Waals surface area contributed by atoms with Gasteiger partial charge in [0.2, 0.25) is 5.91 Å². The summed E-state index contributed by atoms with van der Waals surface area (Å²) in [6.07, 6.45) is 5.78. The number of carbonyl (C=O) groups is 1. The lowest BCUT2D eigenvalue weighted by atomic mass is 9.92. The summed E-state index contributed by atoms with van der Waals surface area (Å²) in [5.74, 6) is 0.504. The molecule has 2 fully saturated rings. The van der Waals surface area contributed by atoms with Gasteiger partial charge in [-0.2, -0.15) is 5.26 Å². The maximum atomic E-state index is 11.9. The van der Waals surface area contributed by atoms with Gasteiger partial charge in [-0.15, -0.1) is 0 Å². The monoisotopic (exact) mass is 235 g/mol. The van der Waals surface area contributed by atoms with E-state index in [1.807, 2.05) is 0 Å². The standard InChI is InChI=1S/C13H21N3O/c14-6-2-1-3-7-16-12(17)11-10-13(11)4-8-15-9-5-13/h11,15H,1-5,7-10H2,(H,16,17). The van der Waals surface area contributed by atoms with Gasteiger partial charge < -0.3 is 10.6 Å². The molecule has 1 aliphatic heterocycles. The van der Waals surface area contributed by atoms with E-state index in [4.69, 9.17) is 5.26 Å². The van der Waals surface area contributed by atoms with E-state index in [-0.39, 0.29) is 11.8 Å². The predicted molar refractivity (Wildman–Crippen MR) is 65.1 cm³/mol. The summed E-state index contributed by atoms with van der Waals surface area (Å²) < 4.78 is 0. The van der Waals surface area contributed by atoms with Crippen LogP contribution < -0.4 is 10.6 Å². The van der Waals surface area contributed by atoms with E-state index >= 15 is 0 Å². The number of unbranched alkanes of at least 4 members (excludes halogenated alkanes) is 2. The van der Waals surface area contributed by atoms with Gasteiger partial charge in [-0.1, -0.05) is 0 Å². The minimum absolute atomic E-state index is 0.240. The molecular formula is C13H21N3O. The van der Waals surface area contributed by atoms with Crippen molar-refractivity contribution in [2.45, 2.75) is 38.5 Å². The van der Waals surface area contributed by atoms with E-state index in [1.54, 1.807) is 0 Å². The second kappa shape index (κ2) is 5.50. The Morgan fingerprint density at radius 2 is 2.18 bits per heavy atom. The highest BCUT2D eigenvalue weighted by Gasteiger charge is 2.57. The van der Waals surface area contributed by atoms with Crippen molar-refractivity contribution >= 4 is 5.91 Å². The number of carbonyl (C=O) groups excluding carboxylic acids is 1. The van der Waals surface area contributed by atoms with Gasteiger partial charge in [-0.3, -0.25) is 4.79 Å². The normalized spacial score (nSPS) is 25.2. The fourth-order valence-corrected chi connectivity index (χ4v) is 2.86. The second-order valence-corrected chi connectivity index (χ2v) is 5.28. The van der Waals surface area contributed by atoms with Crippen molar-refractivity contribution in [3.05, 3.63) is 0 Å². The van der Waals surface area contributed by atoms with Crippen LogP contribution >= 0.6 is 0 Å². The van der Waals surface area contributed by atoms with Crippen molar-refractivity contribution in [1.29, 1.82) is 5.26 Å². The van der Waals surface area contributed by atoms with E-state index in [0.717, 1.165) is 51.7 Å². The number of nitriles is 1. The van der Waals surface area contributed by atoms with Crippen LogP contribution in [0.15, 0.2) is 0 Å². The molecule has 4 nitrogen and oxygen atoms in total. The topological polar surface area (TPSA) is 64.9 Å². The molecule has 1 unspecified atom stereocenters. The van der Waals surface area contributed by atoms with E-state index in [0.29, 0.717) is 11.8 Å². The Morgan fingerprint density at radius 1 is 1.41 bits per heavy atom. The van der Waals surface area contributed by atoms with Crippen LogP contribution in [-0.4, -0.2) is 25.5 Å². The molecule has 1 aliphatic carbocycles. The Balaban J connectivity index is 1.63. The third-order valence-corrected chi connectivity index (χ3v) is 4.12. The van der Waals surface area contributed by atoms with Gasteiger partial charge in [0.1, 0.15) is 0 Å². The third-order valence-electron chi connectivity index (χ3n) is 4.12. The molecule has 1 atom stereocenters. The molecule has 1 amide bonds. The van der Waals surface area contributed by atoms with Crippen molar-refractivity contribution in [1.82, 2.24) is 10.6 Å². The first-order valence-corrected chi connectivity index (χ1v) is 6.64. The van der Waals surface area contributed by atoms with E-state index in [1.165, 1.54) is 0 Å². The molecule has 0 aromatic carbocycles. The molecule has 0 bridgehead atoms. The van der Waals surface area contributed by atoms with Gasteiger partial charge in [0, 0.05) is 18.9 Å². The van der Waals surface area contributed by atoms with Crippen LogP contribution in [-0.2, 0) is 4.79 Å². The van der Waals surface area contributed by atoms with Crippen LogP contribution in [0.25, 0.3) is 0 Å². The molecule has 0 radical (unpaired) electrons. The summed E-state index contributed by atoms with van der Waals surface area (Å²) in [7, 11) is 0. The van der Waals surface area contributed by atoms with Gasteiger partial charge in [0.15, 0.2) is 0 Å². The zero-order valence-corrected chi connectivity index (χ0v) is 10.3. The predicted octanol–water partition coefficient (Wildman–Crippen LogP) is 1.19. The number of hydrogen-bond donors (Lipinski definition) is 2. The highest BCUT2D eigenvalue weighted by atomic mass is 16.2. The van der Waals surface area contributed by atoms with Crippen LogP contribution in [0.5, 0.6) is 0 Å². The summed E-state index contributed by atoms with van der Waals surface area (Å²) in [5, 5.41) is 14.7. The van der Waals surface area contributed by atoms with Gasteiger partial charge in [-0.25, -0.2) is 0 Å². The molecular weight excluding hydrogens is 214 g/mol. The number of hydrogen-bond acceptors (Lipinski definition) is 3. The Morgan fingerprint density at radius 3 is 2.88 bits per heavy atom. The molecule has 2 N–H and O–H groups in total. The molecule has 4 heteroatoms. The number of rotatable bonds is 5. The number of amides is 1. The smallest absolute Gasteiger partial charge is 0.223 e. The fraction of sp³-hybridized carbons (Fsp3) is 0.846. The van der Waals surface area contributed by atoms with Crippen LogP contribution in [0.4, 0.5) is 0 Å². The van der Waals surface area contributed by atoms with Crippen molar-refractivity contribution in [3.8, 4) is 6.07 Å². The van der Waals surface area contributed by atoms with Crippen LogP contribution in [0.2, 0.25) is 0 Å². The molecule has 1 heterocycles. The average molecular weight is 235 g/mol. The first kappa shape index (κ1) is 12.4. The molecule has 1 saturated carbocycles. The van der Waals surface area contributed by atoms with Crippen LogP contribution in [0.1, 0.15) is 38.5 Å². The highest BCUT2D eigenvalue weighted by molar-refractivity contribution is 5.82. The fourth-order valence-electron chi connectivity index (χ4n) is 2.86. The summed E-state index contributed by atoms with van der Waals surface area (Å²) in [5.41, 5.74) is 0.335. The SMILES string of the molecule is N#CCCCCNC(=O)C1CC12CCNCC2. The van der Waals surface area contributed by atoms with Crippen molar-refractivity contribution in [3.63, 3.8) is 0 Å². The van der Waals surface area contributed by atoms with Gasteiger partial charge in [-0.05, 0) is 50.6 Å². The lowest BCUT2D eigenvalue weighted by molar-refractivity contribution is -0.123. The largest absolute Gasteiger partial charge is 0.356 e. The summed E-state index contributed by atoms with van der Waals surface area (Å²) in [4.78, 5) is 11.9. The average Bonchev–Trinajstić information content (AvgIpc) is 3.03. The first-order valence-electron chi connectivity index (χ1n) is 6.64. The van der Waals surface area contributed by atoms with Crippen molar-refractivity contribution in [2.24, 2.45) is 11.3 Å². The van der Waals surface area contributed by atoms with Gasteiger partial charge >= 0.3 is 0 Å². The van der Waals surface area contributed by atoms with E-state index in [2.05, 4.69) is 16.7 Å².